The van der Waals surface area contributed by atoms with Crippen LogP contribution in [0.4, 0.5) is 4.39 Å². The number of nitrogens with zero attached hydrogens (tertiary/aromatic N) is 1. The Balaban J connectivity index is 2.09. The van der Waals surface area contributed by atoms with Crippen molar-refractivity contribution >= 4 is 16.0 Å². The quantitative estimate of drug-likeness (QED) is 0.804. The van der Waals surface area contributed by atoms with Crippen LogP contribution in [0.3, 0.4) is 0 Å². The third-order valence-corrected chi connectivity index (χ3v) is 5.02. The molecular formula is C14H19FN2O5S. The number of hydroxylamine groups is 2. The van der Waals surface area contributed by atoms with E-state index in [1.54, 1.807) is 5.06 Å². The Kier molecular flexibility index (Phi) is 5.69. The van der Waals surface area contributed by atoms with E-state index in [0.717, 1.165) is 18.2 Å². The average molecular weight is 346 g/mol. The molecule has 0 radical (unpaired) electrons. The molecule has 1 aliphatic rings. The van der Waals surface area contributed by atoms with Gasteiger partial charge in [0.1, 0.15) is 5.82 Å². The number of hydrogen-bond acceptors (Lipinski definition) is 5. The summed E-state index contributed by atoms with van der Waals surface area (Å²) in [6, 6.07) is 2.24. The number of benzene rings is 1. The van der Waals surface area contributed by atoms with Crippen molar-refractivity contribution in [1.82, 2.24) is 9.79 Å². The van der Waals surface area contributed by atoms with Crippen LogP contribution < -0.4 is 4.72 Å². The zero-order valence-electron chi connectivity index (χ0n) is 12.7. The summed E-state index contributed by atoms with van der Waals surface area (Å²) in [4.78, 5) is 15.9. The summed E-state index contributed by atoms with van der Waals surface area (Å²) in [5.74, 6) is -2.29. The molecule has 1 saturated heterocycles. The molecule has 0 amide bonds. The van der Waals surface area contributed by atoms with Crippen molar-refractivity contribution in [3.8, 4) is 0 Å². The Morgan fingerprint density at radius 3 is 2.61 bits per heavy atom. The predicted octanol–water partition coefficient (Wildman–Crippen LogP) is 1.22. The normalized spacial score (nSPS) is 17.3. The number of piperidine rings is 1. The standard InChI is InChI=1S/C14H19FN2O5S/c1-2-22-17-5-3-12(4-6-17)16-23(20,21)13-8-10(14(18)19)7-11(15)9-13/h7-9,12,16H,2-6H2,1H3,(H,18,19). The zero-order valence-corrected chi connectivity index (χ0v) is 13.5. The maximum atomic E-state index is 13.5. The van der Waals surface area contributed by atoms with Gasteiger partial charge >= 0.3 is 5.97 Å². The highest BCUT2D eigenvalue weighted by Gasteiger charge is 2.26. The van der Waals surface area contributed by atoms with E-state index in [4.69, 9.17) is 9.94 Å². The molecule has 9 heteroatoms. The van der Waals surface area contributed by atoms with Crippen molar-refractivity contribution in [2.24, 2.45) is 0 Å². The Hall–Kier alpha value is -1.55. The Morgan fingerprint density at radius 1 is 1.39 bits per heavy atom. The van der Waals surface area contributed by atoms with Gasteiger partial charge in [0.05, 0.1) is 17.1 Å². The lowest BCUT2D eigenvalue weighted by molar-refractivity contribution is -0.166. The van der Waals surface area contributed by atoms with Crippen LogP contribution in [0.2, 0.25) is 0 Å². The van der Waals surface area contributed by atoms with E-state index < -0.39 is 27.4 Å². The topological polar surface area (TPSA) is 95.9 Å². The average Bonchev–Trinajstić information content (AvgIpc) is 2.48. The van der Waals surface area contributed by atoms with E-state index in [9.17, 15) is 17.6 Å². The second kappa shape index (κ2) is 7.35. The molecule has 2 rings (SSSR count). The maximum Gasteiger partial charge on any atom is 0.335 e. The van der Waals surface area contributed by atoms with Crippen LogP contribution in [-0.2, 0) is 14.9 Å². The minimum Gasteiger partial charge on any atom is -0.478 e. The highest BCUT2D eigenvalue weighted by Crippen LogP contribution is 2.18. The number of sulfonamides is 1. The zero-order chi connectivity index (χ0) is 17.0. The van der Waals surface area contributed by atoms with Crippen molar-refractivity contribution in [3.63, 3.8) is 0 Å². The van der Waals surface area contributed by atoms with Crippen LogP contribution in [-0.4, -0.2) is 50.3 Å². The highest BCUT2D eigenvalue weighted by atomic mass is 32.2. The van der Waals surface area contributed by atoms with E-state index in [1.165, 1.54) is 0 Å². The van der Waals surface area contributed by atoms with Gasteiger partial charge in [0.2, 0.25) is 10.0 Å². The predicted molar refractivity (Wildman–Crippen MR) is 79.9 cm³/mol. The van der Waals surface area contributed by atoms with Crippen molar-refractivity contribution in [2.45, 2.75) is 30.7 Å². The molecule has 1 aromatic rings. The van der Waals surface area contributed by atoms with Crippen molar-refractivity contribution in [3.05, 3.63) is 29.6 Å². The van der Waals surface area contributed by atoms with Crippen molar-refractivity contribution in [1.29, 1.82) is 0 Å². The third-order valence-electron chi connectivity index (χ3n) is 3.52. The first-order chi connectivity index (χ1) is 10.8. The maximum absolute atomic E-state index is 13.5. The van der Waals surface area contributed by atoms with E-state index in [-0.39, 0.29) is 10.9 Å². The summed E-state index contributed by atoms with van der Waals surface area (Å²) in [6.07, 6.45) is 1.11. The lowest BCUT2D eigenvalue weighted by atomic mass is 10.1. The number of nitrogens with one attached hydrogen (secondary N) is 1. The van der Waals surface area contributed by atoms with E-state index >= 15 is 0 Å². The van der Waals surface area contributed by atoms with Gasteiger partial charge in [-0.15, -0.1) is 0 Å². The Labute approximate surface area is 134 Å². The molecule has 0 spiro atoms. The lowest BCUT2D eigenvalue weighted by Crippen LogP contribution is -2.44. The van der Waals surface area contributed by atoms with Crippen LogP contribution in [0.15, 0.2) is 23.1 Å². The minimum absolute atomic E-state index is 0.298. The molecule has 0 bridgehead atoms. The first-order valence-corrected chi connectivity index (χ1v) is 8.74. The van der Waals surface area contributed by atoms with Gasteiger partial charge in [0.15, 0.2) is 0 Å². The van der Waals surface area contributed by atoms with Gasteiger partial charge < -0.3 is 5.11 Å². The van der Waals surface area contributed by atoms with E-state index in [1.807, 2.05) is 6.92 Å². The molecule has 23 heavy (non-hydrogen) atoms. The van der Waals surface area contributed by atoms with Crippen molar-refractivity contribution < 1.29 is 27.5 Å². The van der Waals surface area contributed by atoms with Gasteiger partial charge in [-0.3, -0.25) is 4.84 Å². The SMILES string of the molecule is CCON1CCC(NS(=O)(=O)c2cc(F)cc(C(=O)O)c2)CC1. The molecular weight excluding hydrogens is 327 g/mol. The molecule has 0 unspecified atom stereocenters. The Morgan fingerprint density at radius 2 is 2.04 bits per heavy atom. The van der Waals surface area contributed by atoms with E-state index in [2.05, 4.69) is 4.72 Å². The van der Waals surface area contributed by atoms with Crippen molar-refractivity contribution in [2.75, 3.05) is 19.7 Å². The summed E-state index contributed by atoms with van der Waals surface area (Å²) in [7, 11) is -3.98. The molecule has 7 nitrogen and oxygen atoms in total. The molecule has 2 N–H and O–H groups in total. The van der Waals surface area contributed by atoms with Crippen LogP contribution in [0.1, 0.15) is 30.1 Å². The first kappa shape index (κ1) is 17.8. The molecule has 0 aromatic heterocycles. The second-order valence-electron chi connectivity index (χ2n) is 5.22. The number of hydrogen-bond donors (Lipinski definition) is 2. The van der Waals surface area contributed by atoms with Gasteiger partial charge in [-0.2, -0.15) is 5.06 Å². The van der Waals surface area contributed by atoms with Gasteiger partial charge in [0, 0.05) is 19.1 Å². The molecule has 1 aliphatic heterocycles. The fourth-order valence-electron chi connectivity index (χ4n) is 2.41. The molecule has 1 heterocycles. The van der Waals surface area contributed by atoms with Crippen LogP contribution in [0.5, 0.6) is 0 Å². The van der Waals surface area contributed by atoms with Gasteiger partial charge in [-0.1, -0.05) is 0 Å². The van der Waals surface area contributed by atoms with E-state index in [0.29, 0.717) is 32.5 Å². The molecule has 1 fully saturated rings. The van der Waals surface area contributed by atoms with Gasteiger partial charge in [-0.05, 0) is 38.0 Å². The summed E-state index contributed by atoms with van der Waals surface area (Å²) >= 11 is 0. The summed E-state index contributed by atoms with van der Waals surface area (Å²) in [5.41, 5.74) is -0.406. The number of aromatic carboxylic acids is 1. The molecule has 1 aromatic carbocycles. The molecule has 0 atom stereocenters. The first-order valence-electron chi connectivity index (χ1n) is 7.26. The fraction of sp³-hybridized carbons (Fsp3) is 0.500. The number of carboxylic acids is 1. The number of halogens is 1. The molecule has 128 valence electrons. The second-order valence-corrected chi connectivity index (χ2v) is 6.94. The fourth-order valence-corrected chi connectivity index (χ4v) is 3.77. The lowest BCUT2D eigenvalue weighted by Gasteiger charge is -2.31. The van der Waals surface area contributed by atoms with Crippen LogP contribution in [0.25, 0.3) is 0 Å². The highest BCUT2D eigenvalue weighted by molar-refractivity contribution is 7.89. The van der Waals surface area contributed by atoms with Gasteiger partial charge in [-0.25, -0.2) is 22.3 Å². The minimum atomic E-state index is -3.98. The van der Waals surface area contributed by atoms with Crippen LogP contribution >= 0.6 is 0 Å². The summed E-state index contributed by atoms with van der Waals surface area (Å²) in [6.45, 7) is 3.60. The number of carbonyl (C=O) groups is 1. The monoisotopic (exact) mass is 346 g/mol. The molecule has 0 saturated carbocycles. The molecule has 0 aliphatic carbocycles. The number of carboxylic acid groups (broad SMARTS) is 1. The summed E-state index contributed by atoms with van der Waals surface area (Å²) < 4.78 is 40.6. The number of rotatable bonds is 6. The van der Waals surface area contributed by atoms with Gasteiger partial charge in [0.25, 0.3) is 0 Å². The summed E-state index contributed by atoms with van der Waals surface area (Å²) in [5, 5.41) is 10.7. The van der Waals surface area contributed by atoms with Crippen LogP contribution in [0, 0.1) is 5.82 Å². The Bertz CT molecular complexity index is 672. The largest absolute Gasteiger partial charge is 0.478 e. The third kappa shape index (κ3) is 4.71. The smallest absolute Gasteiger partial charge is 0.335 e.